The lowest BCUT2D eigenvalue weighted by atomic mass is 10.3. The minimum atomic E-state index is -3.32. The fourth-order valence-corrected chi connectivity index (χ4v) is 3.91. The van der Waals surface area contributed by atoms with Crippen LogP contribution in [0.5, 0.6) is 0 Å². The molecule has 0 unspecified atom stereocenters. The van der Waals surface area contributed by atoms with E-state index in [1.54, 1.807) is 18.3 Å². The van der Waals surface area contributed by atoms with Crippen molar-refractivity contribution in [2.75, 3.05) is 17.2 Å². The second-order valence-electron chi connectivity index (χ2n) is 4.26. The molecular formula is C13H16N4O2S2. The maximum Gasteiger partial charge on any atom is 0.212 e. The Balaban J connectivity index is 1.79. The van der Waals surface area contributed by atoms with Gasteiger partial charge in [0, 0.05) is 22.5 Å². The first-order valence-corrected chi connectivity index (χ1v) is 8.89. The molecular weight excluding hydrogens is 308 g/mol. The van der Waals surface area contributed by atoms with Crippen molar-refractivity contribution in [1.82, 2.24) is 14.7 Å². The van der Waals surface area contributed by atoms with Crippen molar-refractivity contribution in [3.8, 4) is 0 Å². The third kappa shape index (κ3) is 5.70. The van der Waals surface area contributed by atoms with Crippen LogP contribution in [-0.2, 0) is 16.6 Å². The molecule has 2 rings (SSSR count). The van der Waals surface area contributed by atoms with Crippen LogP contribution in [0.4, 0.5) is 5.69 Å². The Hall–Kier alpha value is -1.64. The van der Waals surface area contributed by atoms with Gasteiger partial charge in [-0.3, -0.25) is 0 Å². The number of nitrogen functional groups attached to an aromatic ring is 1. The number of sulfonamides is 1. The minimum Gasteiger partial charge on any atom is -0.399 e. The van der Waals surface area contributed by atoms with Crippen molar-refractivity contribution in [2.45, 2.75) is 11.4 Å². The quantitative estimate of drug-likeness (QED) is 0.588. The predicted octanol–water partition coefficient (Wildman–Crippen LogP) is 1.27. The first-order chi connectivity index (χ1) is 10.1. The summed E-state index contributed by atoms with van der Waals surface area (Å²) < 4.78 is 26.3. The number of thioether (sulfide) groups is 1. The number of benzene rings is 1. The van der Waals surface area contributed by atoms with Gasteiger partial charge in [0.2, 0.25) is 10.0 Å². The molecule has 1 aromatic carbocycles. The van der Waals surface area contributed by atoms with Crippen LogP contribution in [0.15, 0.2) is 47.8 Å². The van der Waals surface area contributed by atoms with Crippen molar-refractivity contribution in [2.24, 2.45) is 0 Å². The van der Waals surface area contributed by atoms with Gasteiger partial charge in [0.25, 0.3) is 0 Å². The van der Waals surface area contributed by atoms with Crippen LogP contribution in [0.2, 0.25) is 0 Å². The van der Waals surface area contributed by atoms with Gasteiger partial charge in [-0.15, -0.1) is 11.8 Å². The van der Waals surface area contributed by atoms with E-state index in [2.05, 4.69) is 14.7 Å². The molecule has 0 fully saturated rings. The highest BCUT2D eigenvalue weighted by molar-refractivity contribution is 8.00. The van der Waals surface area contributed by atoms with E-state index in [4.69, 9.17) is 5.73 Å². The maximum absolute atomic E-state index is 11.9. The Bertz CT molecular complexity index is 678. The van der Waals surface area contributed by atoms with E-state index in [0.717, 1.165) is 4.90 Å². The standard InChI is InChI=1S/C13H16N4O2S2/c14-11-2-1-3-13(8-11)20-6-7-21(18,19)17-9-12-4-5-15-10-16-12/h1-5,8,10,17H,6-7,9,14H2. The Morgan fingerprint density at radius 2 is 2.14 bits per heavy atom. The Labute approximate surface area is 128 Å². The van der Waals surface area contributed by atoms with E-state index in [0.29, 0.717) is 17.1 Å². The van der Waals surface area contributed by atoms with Crippen molar-refractivity contribution < 1.29 is 8.42 Å². The van der Waals surface area contributed by atoms with Crippen molar-refractivity contribution in [1.29, 1.82) is 0 Å². The number of rotatable bonds is 7. The van der Waals surface area contributed by atoms with E-state index in [1.807, 2.05) is 18.2 Å². The fraction of sp³-hybridized carbons (Fsp3) is 0.231. The summed E-state index contributed by atoms with van der Waals surface area (Å²) in [7, 11) is -3.32. The molecule has 0 bridgehead atoms. The molecule has 2 aromatic rings. The van der Waals surface area contributed by atoms with Gasteiger partial charge < -0.3 is 5.73 Å². The van der Waals surface area contributed by atoms with Gasteiger partial charge in [-0.25, -0.2) is 23.1 Å². The monoisotopic (exact) mass is 324 g/mol. The van der Waals surface area contributed by atoms with Crippen LogP contribution >= 0.6 is 11.8 Å². The molecule has 0 saturated heterocycles. The summed E-state index contributed by atoms with van der Waals surface area (Å²) in [6.45, 7) is 0.174. The number of nitrogens with two attached hydrogens (primary N) is 1. The van der Waals surface area contributed by atoms with Crippen molar-refractivity contribution in [3.63, 3.8) is 0 Å². The normalized spacial score (nSPS) is 11.4. The summed E-state index contributed by atoms with van der Waals surface area (Å²) in [5.74, 6) is 0.500. The molecule has 0 spiro atoms. The van der Waals surface area contributed by atoms with Crippen LogP contribution in [0, 0.1) is 0 Å². The van der Waals surface area contributed by atoms with Gasteiger partial charge in [-0.1, -0.05) is 6.07 Å². The summed E-state index contributed by atoms with van der Waals surface area (Å²) in [6.07, 6.45) is 2.96. The molecule has 112 valence electrons. The lowest BCUT2D eigenvalue weighted by molar-refractivity contribution is 0.582. The molecule has 0 aliphatic rings. The highest BCUT2D eigenvalue weighted by Crippen LogP contribution is 2.20. The molecule has 0 aliphatic carbocycles. The predicted molar refractivity (Wildman–Crippen MR) is 84.2 cm³/mol. The number of nitrogens with zero attached hydrogens (tertiary/aromatic N) is 2. The second-order valence-corrected chi connectivity index (χ2v) is 7.36. The van der Waals surface area contributed by atoms with Crippen molar-refractivity contribution >= 4 is 27.5 Å². The summed E-state index contributed by atoms with van der Waals surface area (Å²) in [5.41, 5.74) is 6.98. The zero-order valence-corrected chi connectivity index (χ0v) is 12.9. The molecule has 3 N–H and O–H groups in total. The highest BCUT2D eigenvalue weighted by atomic mass is 32.2. The van der Waals surface area contributed by atoms with Gasteiger partial charge in [-0.05, 0) is 24.3 Å². The summed E-state index contributed by atoms with van der Waals surface area (Å²) in [6, 6.07) is 9.04. The number of hydrogen-bond acceptors (Lipinski definition) is 6. The van der Waals surface area contributed by atoms with Gasteiger partial charge in [-0.2, -0.15) is 0 Å². The maximum atomic E-state index is 11.9. The van der Waals surface area contributed by atoms with Gasteiger partial charge in [0.15, 0.2) is 0 Å². The molecule has 0 amide bonds. The lowest BCUT2D eigenvalue weighted by Crippen LogP contribution is -2.27. The number of hydrogen-bond donors (Lipinski definition) is 2. The fourth-order valence-electron chi connectivity index (χ4n) is 1.55. The number of nitrogens with one attached hydrogen (secondary N) is 1. The van der Waals surface area contributed by atoms with E-state index in [1.165, 1.54) is 18.1 Å². The van der Waals surface area contributed by atoms with Crippen LogP contribution in [0.25, 0.3) is 0 Å². The minimum absolute atomic E-state index is 0.0392. The SMILES string of the molecule is Nc1cccc(SCCS(=O)(=O)NCc2ccncn2)c1. The molecule has 8 heteroatoms. The molecule has 0 radical (unpaired) electrons. The van der Waals surface area contributed by atoms with Crippen molar-refractivity contribution in [3.05, 3.63) is 48.5 Å². The zero-order chi connectivity index (χ0) is 15.1. The summed E-state index contributed by atoms with van der Waals surface area (Å²) >= 11 is 1.46. The second kappa shape index (κ2) is 7.39. The Kier molecular flexibility index (Phi) is 5.54. The van der Waals surface area contributed by atoms with Gasteiger partial charge in [0.05, 0.1) is 18.0 Å². The Morgan fingerprint density at radius 1 is 1.29 bits per heavy atom. The molecule has 1 heterocycles. The molecule has 6 nitrogen and oxygen atoms in total. The number of anilines is 1. The van der Waals surface area contributed by atoms with Crippen LogP contribution in [0.3, 0.4) is 0 Å². The third-order valence-electron chi connectivity index (χ3n) is 2.60. The molecule has 0 saturated carbocycles. The Morgan fingerprint density at radius 3 is 2.86 bits per heavy atom. The largest absolute Gasteiger partial charge is 0.399 e. The highest BCUT2D eigenvalue weighted by Gasteiger charge is 2.10. The number of aromatic nitrogens is 2. The van der Waals surface area contributed by atoms with Gasteiger partial charge in [0.1, 0.15) is 6.33 Å². The average molecular weight is 324 g/mol. The van der Waals surface area contributed by atoms with Crippen LogP contribution < -0.4 is 10.5 Å². The molecule has 0 aliphatic heterocycles. The summed E-state index contributed by atoms with van der Waals surface area (Å²) in [4.78, 5) is 8.70. The third-order valence-corrected chi connectivity index (χ3v) is 5.17. The van der Waals surface area contributed by atoms with Crippen LogP contribution in [0.1, 0.15) is 5.69 Å². The van der Waals surface area contributed by atoms with E-state index >= 15 is 0 Å². The molecule has 0 atom stereocenters. The van der Waals surface area contributed by atoms with E-state index in [9.17, 15) is 8.42 Å². The zero-order valence-electron chi connectivity index (χ0n) is 11.3. The molecule has 21 heavy (non-hydrogen) atoms. The van der Waals surface area contributed by atoms with Crippen LogP contribution in [-0.4, -0.2) is 29.9 Å². The first-order valence-electron chi connectivity index (χ1n) is 6.26. The summed E-state index contributed by atoms with van der Waals surface area (Å²) in [5, 5.41) is 0. The van der Waals surface area contributed by atoms with E-state index < -0.39 is 10.0 Å². The smallest absolute Gasteiger partial charge is 0.212 e. The topological polar surface area (TPSA) is 98.0 Å². The van der Waals surface area contributed by atoms with Gasteiger partial charge >= 0.3 is 0 Å². The molecule has 1 aromatic heterocycles. The average Bonchev–Trinajstić information content (AvgIpc) is 2.46. The van der Waals surface area contributed by atoms with E-state index in [-0.39, 0.29) is 12.3 Å². The first kappa shape index (κ1) is 15.7. The lowest BCUT2D eigenvalue weighted by Gasteiger charge is -2.06.